The van der Waals surface area contributed by atoms with Gasteiger partial charge in [-0.05, 0) is 28.9 Å². The van der Waals surface area contributed by atoms with Gasteiger partial charge < -0.3 is 15.4 Å². The zero-order valence-electron chi connectivity index (χ0n) is 8.46. The molecular weight excluding hydrogens is 260 g/mol. The molecule has 0 bridgehead atoms. The molecule has 6 heteroatoms. The number of hydrogen-bond donors (Lipinski definition) is 2. The Bertz CT molecular complexity index is 341. The van der Waals surface area contributed by atoms with E-state index in [1.807, 2.05) is 0 Å². The summed E-state index contributed by atoms with van der Waals surface area (Å²) in [6.07, 6.45) is 2.76. The van der Waals surface area contributed by atoms with Crippen molar-refractivity contribution in [2.45, 2.75) is 12.5 Å². The predicted octanol–water partition coefficient (Wildman–Crippen LogP) is 1.02. The minimum atomic E-state index is 0.411. The molecule has 1 aromatic heterocycles. The van der Waals surface area contributed by atoms with Crippen molar-refractivity contribution >= 4 is 21.7 Å². The second-order valence-corrected chi connectivity index (χ2v) is 4.20. The summed E-state index contributed by atoms with van der Waals surface area (Å²) in [7, 11) is 1.59. The van der Waals surface area contributed by atoms with Gasteiger partial charge in [-0.15, -0.1) is 0 Å². The van der Waals surface area contributed by atoms with Crippen LogP contribution in [0.5, 0.6) is 5.88 Å². The van der Waals surface area contributed by atoms with E-state index in [2.05, 4.69) is 36.5 Å². The van der Waals surface area contributed by atoms with Crippen LogP contribution in [-0.2, 0) is 0 Å². The molecule has 82 valence electrons. The number of nitrogens with one attached hydrogen (secondary N) is 2. The van der Waals surface area contributed by atoms with Gasteiger partial charge in [0, 0.05) is 12.6 Å². The molecule has 15 heavy (non-hydrogen) atoms. The van der Waals surface area contributed by atoms with Crippen LogP contribution in [-0.4, -0.2) is 36.2 Å². The van der Waals surface area contributed by atoms with Gasteiger partial charge in [-0.2, -0.15) is 0 Å². The van der Waals surface area contributed by atoms with Gasteiger partial charge in [-0.25, -0.2) is 9.97 Å². The molecule has 1 aromatic rings. The maximum atomic E-state index is 5.15. The molecular formula is C9H13BrN4O. The first-order valence-electron chi connectivity index (χ1n) is 4.83. The number of hydrogen-bond acceptors (Lipinski definition) is 5. The van der Waals surface area contributed by atoms with E-state index < -0.39 is 0 Å². The quantitative estimate of drug-likeness (QED) is 0.861. The van der Waals surface area contributed by atoms with Gasteiger partial charge in [0.2, 0.25) is 0 Å². The molecule has 0 saturated carbocycles. The maximum Gasteiger partial charge on any atom is 0.258 e. The van der Waals surface area contributed by atoms with Crippen LogP contribution in [0.1, 0.15) is 6.42 Å². The van der Waals surface area contributed by atoms with E-state index in [1.165, 1.54) is 0 Å². The summed E-state index contributed by atoms with van der Waals surface area (Å²) in [5.41, 5.74) is 0. The standard InChI is InChI=1S/C9H13BrN4O/c1-15-9-8(12-5-7(10)14-9)13-6-2-3-11-4-6/h5-6,11H,2-4H2,1H3,(H,12,13)/t6-/m0/s1. The minimum absolute atomic E-state index is 0.411. The summed E-state index contributed by atoms with van der Waals surface area (Å²) in [5.74, 6) is 1.23. The third kappa shape index (κ3) is 2.57. The molecule has 1 aliphatic rings. The number of methoxy groups -OCH3 is 1. The Balaban J connectivity index is 2.12. The zero-order valence-corrected chi connectivity index (χ0v) is 10.0. The Labute approximate surface area is 96.8 Å². The van der Waals surface area contributed by atoms with Crippen molar-refractivity contribution in [1.29, 1.82) is 0 Å². The highest BCUT2D eigenvalue weighted by molar-refractivity contribution is 9.10. The molecule has 1 atom stereocenters. The van der Waals surface area contributed by atoms with Crippen LogP contribution < -0.4 is 15.4 Å². The zero-order chi connectivity index (χ0) is 10.7. The van der Waals surface area contributed by atoms with Crippen LogP contribution in [0.25, 0.3) is 0 Å². The Morgan fingerprint density at radius 3 is 3.20 bits per heavy atom. The molecule has 2 rings (SSSR count). The van der Waals surface area contributed by atoms with Gasteiger partial charge in [0.15, 0.2) is 5.82 Å². The molecule has 5 nitrogen and oxygen atoms in total. The van der Waals surface area contributed by atoms with Crippen LogP contribution in [0.4, 0.5) is 5.82 Å². The Hall–Kier alpha value is -0.880. The molecule has 0 unspecified atom stereocenters. The molecule has 0 spiro atoms. The van der Waals surface area contributed by atoms with Crippen LogP contribution in [0.3, 0.4) is 0 Å². The Kier molecular flexibility index (Phi) is 3.37. The summed E-state index contributed by atoms with van der Waals surface area (Å²) in [4.78, 5) is 8.42. The van der Waals surface area contributed by atoms with Crippen LogP contribution >= 0.6 is 15.9 Å². The summed E-state index contributed by atoms with van der Waals surface area (Å²) in [6.45, 7) is 2.00. The maximum absolute atomic E-state index is 5.15. The summed E-state index contributed by atoms with van der Waals surface area (Å²) < 4.78 is 5.83. The molecule has 1 fully saturated rings. The van der Waals surface area contributed by atoms with Crippen molar-refractivity contribution in [3.63, 3.8) is 0 Å². The number of aromatic nitrogens is 2. The number of anilines is 1. The average molecular weight is 273 g/mol. The van der Waals surface area contributed by atoms with Crippen molar-refractivity contribution in [1.82, 2.24) is 15.3 Å². The minimum Gasteiger partial charge on any atom is -0.478 e. The highest BCUT2D eigenvalue weighted by Gasteiger charge is 2.17. The summed E-state index contributed by atoms with van der Waals surface area (Å²) in [5, 5.41) is 6.59. The van der Waals surface area contributed by atoms with Crippen molar-refractivity contribution in [3.8, 4) is 5.88 Å². The fourth-order valence-corrected chi connectivity index (χ4v) is 1.83. The molecule has 1 saturated heterocycles. The van der Waals surface area contributed by atoms with Gasteiger partial charge in [0.05, 0.1) is 13.3 Å². The third-order valence-electron chi connectivity index (χ3n) is 2.31. The molecule has 2 N–H and O–H groups in total. The SMILES string of the molecule is COc1nc(Br)cnc1N[C@H]1CCNC1. The first-order valence-corrected chi connectivity index (χ1v) is 5.62. The normalized spacial score (nSPS) is 20.3. The molecule has 2 heterocycles. The monoisotopic (exact) mass is 272 g/mol. The summed E-state index contributed by atoms with van der Waals surface area (Å²) in [6, 6.07) is 0.411. The topological polar surface area (TPSA) is 59.1 Å². The van der Waals surface area contributed by atoms with Gasteiger partial charge in [-0.3, -0.25) is 0 Å². The molecule has 0 aliphatic carbocycles. The fraction of sp³-hybridized carbons (Fsp3) is 0.556. The lowest BCUT2D eigenvalue weighted by Gasteiger charge is -2.13. The van der Waals surface area contributed by atoms with E-state index in [1.54, 1.807) is 13.3 Å². The van der Waals surface area contributed by atoms with E-state index in [9.17, 15) is 0 Å². The smallest absolute Gasteiger partial charge is 0.258 e. The van der Waals surface area contributed by atoms with E-state index in [0.717, 1.165) is 19.5 Å². The Morgan fingerprint density at radius 2 is 2.53 bits per heavy atom. The number of rotatable bonds is 3. The molecule has 0 amide bonds. The van der Waals surface area contributed by atoms with E-state index >= 15 is 0 Å². The van der Waals surface area contributed by atoms with Crippen molar-refractivity contribution in [2.24, 2.45) is 0 Å². The van der Waals surface area contributed by atoms with Gasteiger partial charge in [0.25, 0.3) is 5.88 Å². The van der Waals surface area contributed by atoms with Gasteiger partial charge >= 0.3 is 0 Å². The van der Waals surface area contributed by atoms with Gasteiger partial charge in [0.1, 0.15) is 4.60 Å². The second kappa shape index (κ2) is 4.76. The highest BCUT2D eigenvalue weighted by atomic mass is 79.9. The summed E-state index contributed by atoms with van der Waals surface area (Å²) >= 11 is 3.26. The van der Waals surface area contributed by atoms with E-state index in [4.69, 9.17) is 4.74 Å². The lowest BCUT2D eigenvalue weighted by Crippen LogP contribution is -2.23. The second-order valence-electron chi connectivity index (χ2n) is 3.38. The first kappa shape index (κ1) is 10.6. The predicted molar refractivity (Wildman–Crippen MR) is 61.2 cm³/mol. The third-order valence-corrected chi connectivity index (χ3v) is 2.69. The number of nitrogens with zero attached hydrogens (tertiary/aromatic N) is 2. The molecule has 1 aliphatic heterocycles. The number of halogens is 1. The van der Waals surface area contributed by atoms with Gasteiger partial charge in [-0.1, -0.05) is 0 Å². The van der Waals surface area contributed by atoms with Crippen molar-refractivity contribution in [3.05, 3.63) is 10.8 Å². The van der Waals surface area contributed by atoms with Crippen LogP contribution in [0.2, 0.25) is 0 Å². The lowest BCUT2D eigenvalue weighted by molar-refractivity contribution is 0.396. The molecule has 0 aromatic carbocycles. The Morgan fingerprint density at radius 1 is 1.67 bits per heavy atom. The molecule has 0 radical (unpaired) electrons. The number of ether oxygens (including phenoxy) is 1. The highest BCUT2D eigenvalue weighted by Crippen LogP contribution is 2.22. The lowest BCUT2D eigenvalue weighted by atomic mass is 10.2. The first-order chi connectivity index (χ1) is 7.29. The van der Waals surface area contributed by atoms with Crippen molar-refractivity contribution in [2.75, 3.05) is 25.5 Å². The average Bonchev–Trinajstić information content (AvgIpc) is 2.73. The fourth-order valence-electron chi connectivity index (χ4n) is 1.56. The largest absolute Gasteiger partial charge is 0.478 e. The van der Waals surface area contributed by atoms with E-state index in [-0.39, 0.29) is 0 Å². The van der Waals surface area contributed by atoms with E-state index in [0.29, 0.717) is 22.3 Å². The van der Waals surface area contributed by atoms with Crippen LogP contribution in [0.15, 0.2) is 10.8 Å². The van der Waals surface area contributed by atoms with Crippen LogP contribution in [0, 0.1) is 0 Å². The van der Waals surface area contributed by atoms with Crippen molar-refractivity contribution < 1.29 is 4.74 Å².